The first kappa shape index (κ1) is 14.5. The van der Waals surface area contributed by atoms with Gasteiger partial charge in [0.15, 0.2) is 11.5 Å². The predicted molar refractivity (Wildman–Crippen MR) is 91.1 cm³/mol. The van der Waals surface area contributed by atoms with Crippen LogP contribution >= 0.6 is 0 Å². The quantitative estimate of drug-likeness (QED) is 0.613. The van der Waals surface area contributed by atoms with Crippen LogP contribution in [0.25, 0.3) is 11.2 Å². The zero-order chi connectivity index (χ0) is 16.5. The zero-order valence-corrected chi connectivity index (χ0v) is 13.0. The standard InChI is InChI=1S/C17H17N5O2/c18-14-13-15-21-16(20-14)24-9-5-1-2-6-11-7-3-4-8-12(11)10-22(15)17(23)19-13/h1-4,7-8H,5-6,9-10H2,(H,19,23)(H2,18,20,21). The maximum atomic E-state index is 12.4. The lowest BCUT2D eigenvalue weighted by Crippen LogP contribution is -2.18. The molecule has 0 fully saturated rings. The summed E-state index contributed by atoms with van der Waals surface area (Å²) in [4.78, 5) is 23.6. The van der Waals surface area contributed by atoms with Crippen LogP contribution in [0, 0.1) is 0 Å². The van der Waals surface area contributed by atoms with E-state index in [2.05, 4.69) is 33.2 Å². The minimum absolute atomic E-state index is 0.189. The fourth-order valence-corrected chi connectivity index (χ4v) is 2.87. The number of anilines is 1. The number of rotatable bonds is 0. The lowest BCUT2D eigenvalue weighted by molar-refractivity contribution is 0.300. The largest absolute Gasteiger partial charge is 0.463 e. The van der Waals surface area contributed by atoms with Crippen LogP contribution in [-0.4, -0.2) is 26.1 Å². The molecule has 122 valence electrons. The van der Waals surface area contributed by atoms with E-state index in [9.17, 15) is 4.79 Å². The molecule has 0 radical (unpaired) electrons. The van der Waals surface area contributed by atoms with Gasteiger partial charge in [0.2, 0.25) is 0 Å². The lowest BCUT2D eigenvalue weighted by atomic mass is 10.0. The Morgan fingerprint density at radius 2 is 2.00 bits per heavy atom. The van der Waals surface area contributed by atoms with Crippen LogP contribution in [0.1, 0.15) is 17.5 Å². The Hall–Kier alpha value is -3.09. The van der Waals surface area contributed by atoms with E-state index in [1.54, 1.807) is 4.57 Å². The summed E-state index contributed by atoms with van der Waals surface area (Å²) in [7, 11) is 0. The Balaban J connectivity index is 1.92. The van der Waals surface area contributed by atoms with Crippen molar-refractivity contribution < 1.29 is 4.74 Å². The number of fused-ring (bicyclic) bond motifs is 2. The van der Waals surface area contributed by atoms with E-state index in [0.29, 0.717) is 24.3 Å². The molecule has 3 N–H and O–H groups in total. The fraction of sp³-hybridized carbons (Fsp3) is 0.235. The van der Waals surface area contributed by atoms with Crippen molar-refractivity contribution in [2.24, 2.45) is 0 Å². The molecule has 2 aromatic heterocycles. The van der Waals surface area contributed by atoms with Gasteiger partial charge in [0, 0.05) is 0 Å². The summed E-state index contributed by atoms with van der Waals surface area (Å²) in [5.41, 5.74) is 8.85. The first-order chi connectivity index (χ1) is 11.7. The second-order valence-corrected chi connectivity index (χ2v) is 5.69. The highest BCUT2D eigenvalue weighted by atomic mass is 16.5. The van der Waals surface area contributed by atoms with Crippen LogP contribution in [0.3, 0.4) is 0 Å². The van der Waals surface area contributed by atoms with E-state index in [1.807, 2.05) is 18.2 Å². The molecule has 0 saturated heterocycles. The molecule has 2 bridgehead atoms. The second-order valence-electron chi connectivity index (χ2n) is 5.69. The third-order valence-corrected chi connectivity index (χ3v) is 4.10. The van der Waals surface area contributed by atoms with Crippen molar-refractivity contribution in [3.8, 4) is 6.01 Å². The number of allylic oxidation sites excluding steroid dienone is 1. The predicted octanol–water partition coefficient (Wildman–Crippen LogP) is 1.63. The number of benzene rings is 1. The van der Waals surface area contributed by atoms with Gasteiger partial charge in [-0.1, -0.05) is 36.4 Å². The number of nitrogens with zero attached hydrogens (tertiary/aromatic N) is 3. The van der Waals surface area contributed by atoms with Gasteiger partial charge >= 0.3 is 11.7 Å². The number of H-pyrrole nitrogens is 1. The van der Waals surface area contributed by atoms with Crippen LogP contribution in [0.4, 0.5) is 5.82 Å². The highest BCUT2D eigenvalue weighted by Crippen LogP contribution is 2.20. The number of aromatic nitrogens is 4. The highest BCUT2D eigenvalue weighted by Gasteiger charge is 2.16. The summed E-state index contributed by atoms with van der Waals surface area (Å²) in [6, 6.07) is 8.26. The number of nitrogens with one attached hydrogen (secondary N) is 1. The fourth-order valence-electron chi connectivity index (χ4n) is 2.87. The maximum Gasteiger partial charge on any atom is 0.328 e. The lowest BCUT2D eigenvalue weighted by Gasteiger charge is -2.09. The van der Waals surface area contributed by atoms with Crippen LogP contribution in [0.5, 0.6) is 6.01 Å². The van der Waals surface area contributed by atoms with Gasteiger partial charge < -0.3 is 15.5 Å². The number of ether oxygens (including phenoxy) is 1. The number of aromatic amines is 1. The van der Waals surface area contributed by atoms with Crippen molar-refractivity contribution in [1.29, 1.82) is 0 Å². The summed E-state index contributed by atoms with van der Waals surface area (Å²) >= 11 is 0. The highest BCUT2D eigenvalue weighted by molar-refractivity contribution is 5.81. The molecule has 1 aromatic carbocycles. The van der Waals surface area contributed by atoms with E-state index >= 15 is 0 Å². The Labute approximate surface area is 137 Å². The van der Waals surface area contributed by atoms with Gasteiger partial charge in [0.25, 0.3) is 0 Å². The molecule has 3 aromatic rings. The summed E-state index contributed by atoms with van der Waals surface area (Å²) in [6.07, 6.45) is 5.75. The van der Waals surface area contributed by atoms with E-state index in [4.69, 9.17) is 10.5 Å². The smallest absolute Gasteiger partial charge is 0.328 e. The molecule has 7 heteroatoms. The minimum Gasteiger partial charge on any atom is -0.463 e. The van der Waals surface area contributed by atoms with Crippen LogP contribution in [-0.2, 0) is 13.0 Å². The molecule has 0 spiro atoms. The molecule has 0 atom stereocenters. The Kier molecular flexibility index (Phi) is 3.53. The van der Waals surface area contributed by atoms with Crippen molar-refractivity contribution in [3.05, 3.63) is 58.0 Å². The molecule has 24 heavy (non-hydrogen) atoms. The molecular weight excluding hydrogens is 306 g/mol. The molecule has 4 rings (SSSR count). The van der Waals surface area contributed by atoms with Gasteiger partial charge in [0.05, 0.1) is 13.2 Å². The van der Waals surface area contributed by atoms with Crippen molar-refractivity contribution in [2.75, 3.05) is 12.3 Å². The van der Waals surface area contributed by atoms with Crippen molar-refractivity contribution in [1.82, 2.24) is 19.5 Å². The zero-order valence-electron chi connectivity index (χ0n) is 13.0. The molecule has 3 heterocycles. The van der Waals surface area contributed by atoms with Gasteiger partial charge in [0.1, 0.15) is 5.52 Å². The van der Waals surface area contributed by atoms with Crippen molar-refractivity contribution >= 4 is 17.0 Å². The van der Waals surface area contributed by atoms with Crippen LogP contribution in [0.15, 0.2) is 41.2 Å². The Morgan fingerprint density at radius 1 is 1.17 bits per heavy atom. The van der Waals surface area contributed by atoms with E-state index in [1.165, 1.54) is 5.56 Å². The number of imidazole rings is 1. The molecule has 7 nitrogen and oxygen atoms in total. The van der Waals surface area contributed by atoms with Crippen molar-refractivity contribution in [2.45, 2.75) is 19.4 Å². The molecule has 0 unspecified atom stereocenters. The van der Waals surface area contributed by atoms with Crippen molar-refractivity contribution in [3.63, 3.8) is 0 Å². The summed E-state index contributed by atoms with van der Waals surface area (Å²) in [5.74, 6) is 0.213. The first-order valence-electron chi connectivity index (χ1n) is 7.83. The van der Waals surface area contributed by atoms with Gasteiger partial charge in [-0.3, -0.25) is 4.57 Å². The summed E-state index contributed by atoms with van der Waals surface area (Å²) < 4.78 is 7.14. The Bertz CT molecular complexity index is 986. The van der Waals surface area contributed by atoms with Gasteiger partial charge in [-0.25, -0.2) is 4.79 Å². The number of hydrogen-bond acceptors (Lipinski definition) is 5. The normalized spacial score (nSPS) is 14.5. The molecule has 0 amide bonds. The number of hydrogen-bond donors (Lipinski definition) is 2. The minimum atomic E-state index is -0.261. The second kappa shape index (κ2) is 5.84. The number of nitrogen functional groups attached to an aromatic ring is 1. The third-order valence-electron chi connectivity index (χ3n) is 4.10. The van der Waals surface area contributed by atoms with E-state index in [0.717, 1.165) is 18.4 Å². The number of nitrogens with two attached hydrogens (primary N) is 1. The van der Waals surface area contributed by atoms with Gasteiger partial charge in [-0.15, -0.1) is 0 Å². The van der Waals surface area contributed by atoms with Gasteiger partial charge in [-0.2, -0.15) is 9.97 Å². The molecular formula is C17H17N5O2. The summed E-state index contributed by atoms with van der Waals surface area (Å²) in [6.45, 7) is 0.872. The topological polar surface area (TPSA) is 98.8 Å². The molecule has 1 aliphatic heterocycles. The SMILES string of the molecule is Nc1nc2nc3c1[nH]c(=O)n3Cc1ccccc1CC=CCCO2. The average molecular weight is 323 g/mol. The average Bonchev–Trinajstić information content (AvgIpc) is 2.89. The molecule has 1 aliphatic rings. The molecule has 0 saturated carbocycles. The Morgan fingerprint density at radius 3 is 2.88 bits per heavy atom. The summed E-state index contributed by atoms with van der Waals surface area (Å²) in [5, 5.41) is 0. The van der Waals surface area contributed by atoms with E-state index in [-0.39, 0.29) is 17.5 Å². The monoisotopic (exact) mass is 323 g/mol. The third kappa shape index (κ3) is 2.54. The maximum absolute atomic E-state index is 12.4. The van der Waals surface area contributed by atoms with Crippen LogP contribution < -0.4 is 16.2 Å². The van der Waals surface area contributed by atoms with Crippen LogP contribution in [0.2, 0.25) is 0 Å². The van der Waals surface area contributed by atoms with E-state index < -0.39 is 0 Å². The molecule has 0 aliphatic carbocycles. The first-order valence-corrected chi connectivity index (χ1v) is 7.83. The van der Waals surface area contributed by atoms with Gasteiger partial charge in [-0.05, 0) is 24.0 Å².